The fourth-order valence-corrected chi connectivity index (χ4v) is 20.7. The van der Waals surface area contributed by atoms with E-state index < -0.39 is 268 Å². The molecule has 4 aliphatic carbocycles. The van der Waals surface area contributed by atoms with Crippen LogP contribution in [-0.2, 0) is 62.0 Å². The highest BCUT2D eigenvalue weighted by Crippen LogP contribution is 2.59. The number of imide groups is 1. The average Bonchev–Trinajstić information content (AvgIpc) is 0.753. The predicted octanol–water partition coefficient (Wildman–Crippen LogP) is 10.9. The van der Waals surface area contributed by atoms with Crippen molar-refractivity contribution in [3.05, 3.63) is 117 Å². The molecule has 18 atom stereocenters. The van der Waals surface area contributed by atoms with Crippen LogP contribution in [0.3, 0.4) is 0 Å². The van der Waals surface area contributed by atoms with Crippen LogP contribution in [0.15, 0.2) is 78.9 Å². The van der Waals surface area contributed by atoms with Crippen molar-refractivity contribution in [1.29, 1.82) is 0 Å². The number of urea groups is 1. The molecule has 0 aromatic heterocycles. The smallest absolute Gasteiger partial charge is 0.410 e. The highest BCUT2D eigenvalue weighted by atomic mass is 35.5. The molecule has 11 aliphatic rings. The van der Waals surface area contributed by atoms with Gasteiger partial charge < -0.3 is 116 Å². The van der Waals surface area contributed by atoms with Gasteiger partial charge in [0.25, 0.3) is 0 Å². The van der Waals surface area contributed by atoms with E-state index >= 15 is 33.6 Å². The van der Waals surface area contributed by atoms with Gasteiger partial charge in [-0.3, -0.25) is 48.6 Å². The van der Waals surface area contributed by atoms with Crippen LogP contribution < -0.4 is 51.4 Å². The van der Waals surface area contributed by atoms with E-state index in [-0.39, 0.29) is 87.9 Å². The molecule has 9 amide bonds. The first kappa shape index (κ1) is 103. The quantitative estimate of drug-likeness (QED) is 0.0270. The summed E-state index contributed by atoms with van der Waals surface area (Å²) in [6.45, 7) is 17.2. The second kappa shape index (κ2) is 42.8. The van der Waals surface area contributed by atoms with E-state index in [4.69, 9.17) is 61.1 Å². The van der Waals surface area contributed by atoms with E-state index in [9.17, 15) is 65.1 Å². The van der Waals surface area contributed by atoms with Gasteiger partial charge in [-0.2, -0.15) is 0 Å². The number of hydrogen-bond donors (Lipinski definition) is 16. The molecule has 5 aromatic carbocycles. The Morgan fingerprint density at radius 3 is 1.89 bits per heavy atom. The summed E-state index contributed by atoms with van der Waals surface area (Å²) >= 11 is 14.7. The molecule has 0 spiro atoms. The number of likely N-dealkylation sites (N-methyl/N-ethyl adjacent to an activating group) is 1. The molecule has 15 bridgehead atoms. The predicted molar refractivity (Wildman–Crippen MR) is 490 cm³/mol. The van der Waals surface area contributed by atoms with E-state index in [1.807, 2.05) is 0 Å². The topological polar surface area (TPSA) is 531 Å². The lowest BCUT2D eigenvalue weighted by Gasteiger charge is -2.54. The molecule has 7 aliphatic heterocycles. The van der Waals surface area contributed by atoms with Crippen LogP contribution in [-0.4, -0.2) is 220 Å². The number of phenolic OH excluding ortho intramolecular Hbond substituents is 3. The van der Waals surface area contributed by atoms with Gasteiger partial charge in [-0.1, -0.05) is 94.3 Å². The Bertz CT molecular complexity index is 5290. The Hall–Kier alpha value is -10.5. The van der Waals surface area contributed by atoms with Crippen molar-refractivity contribution in [2.75, 3.05) is 20.2 Å². The van der Waals surface area contributed by atoms with Crippen molar-refractivity contribution in [2.24, 2.45) is 41.4 Å². The number of alkyl carbamates (subject to hydrolysis) is 1. The number of unbranched alkanes of at least 4 members (excludes halogenated alkanes) is 5. The molecule has 9 unspecified atom stereocenters. The van der Waals surface area contributed by atoms with Crippen LogP contribution in [0.5, 0.6) is 46.0 Å². The summed E-state index contributed by atoms with van der Waals surface area (Å²) in [5.74, 6) is -17.0. The number of aliphatic hydroxyl groups excluding tert-OH is 6. The zero-order chi connectivity index (χ0) is 98.8. The molecule has 7 heterocycles. The number of ether oxygens (including phenoxy) is 8. The number of hydrogen-bond acceptors (Lipinski definition) is 28. The van der Waals surface area contributed by atoms with Gasteiger partial charge in [0, 0.05) is 62.9 Å². The minimum atomic E-state index is -2.32. The summed E-state index contributed by atoms with van der Waals surface area (Å²) < 4.78 is 51.0. The van der Waals surface area contributed by atoms with Crippen molar-refractivity contribution in [1.82, 2.24) is 42.1 Å². The summed E-state index contributed by atoms with van der Waals surface area (Å²) in [7, 11) is 1.29. The number of Topliss-reactive ketones (excluding diaryl/α,β-unsaturated/α-hetero) is 3. The van der Waals surface area contributed by atoms with E-state index in [0.717, 1.165) is 112 Å². The van der Waals surface area contributed by atoms with Gasteiger partial charge in [-0.15, -0.1) is 0 Å². The van der Waals surface area contributed by atoms with Gasteiger partial charge in [0.05, 0.1) is 40.1 Å². The highest BCUT2D eigenvalue weighted by Gasteiger charge is 2.55. The number of aromatic hydroxyl groups is 3. The van der Waals surface area contributed by atoms with Crippen molar-refractivity contribution >= 4 is 88.3 Å². The Morgan fingerprint density at radius 1 is 0.662 bits per heavy atom. The van der Waals surface area contributed by atoms with Crippen LogP contribution >= 0.6 is 23.2 Å². The molecule has 16 N–H and O–H groups in total. The Morgan fingerprint density at radius 2 is 1.28 bits per heavy atom. The SMILES string of the molecule is CCCCCCCCNC(=O)NC(=O)C[C@@H]1CC(=O)[C@H](NC(=O)[C@@H](CC(C)C)N(C)C(=O)OC(C)(C)C)[C@H](O)c2ccc(c(Cl)c2)Oc2cc3cc(c2OC2OC(CO)C(O)C(O)C2OC2CC(C)(NC(=O)OC(C)(C)C)C(O)C(C)O2)Oc2ccc(cc2Cl)[C@@H](O)[C@@H]2NC(=O)[C@H](CC(=O)[C@@H]3NC1=O)c1ccc(O)c(c1)-c1c(O)cc(O)cc1[C@@H](C(=O)CC1C3CC4CC(C3)CC1C4)NC2=O. The first-order valence-corrected chi connectivity index (χ1v) is 47.4. The van der Waals surface area contributed by atoms with E-state index in [0.29, 0.717) is 18.3 Å². The Balaban J connectivity index is 1.01. The zero-order valence-corrected chi connectivity index (χ0v) is 79.7. The number of benzene rings is 5. The van der Waals surface area contributed by atoms with E-state index in [2.05, 4.69) is 44.1 Å². The van der Waals surface area contributed by atoms with Crippen molar-refractivity contribution in [2.45, 2.75) is 300 Å². The van der Waals surface area contributed by atoms with Gasteiger partial charge >= 0.3 is 18.2 Å². The first-order valence-electron chi connectivity index (χ1n) is 46.7. The fraction of sp³-hybridized carbons (Fsp3) is 0.582. The molecular formula is C98H126Cl2N8O28. The number of ketones is 3. The first-order chi connectivity index (χ1) is 64.1. The third kappa shape index (κ3) is 24.1. The lowest BCUT2D eigenvalue weighted by molar-refractivity contribution is -0.334. The third-order valence-corrected chi connectivity index (χ3v) is 27.5. The van der Waals surface area contributed by atoms with E-state index in [1.165, 1.54) is 57.3 Å². The zero-order valence-electron chi connectivity index (χ0n) is 78.2. The monoisotopic (exact) mass is 1930 g/mol. The normalized spacial score (nSPS) is 29.1. The molecular weight excluding hydrogens is 1810 g/mol. The molecule has 6 fully saturated rings. The maximum atomic E-state index is 17.0. The van der Waals surface area contributed by atoms with Crippen molar-refractivity contribution in [3.63, 3.8) is 0 Å². The number of halogens is 2. The lowest BCUT2D eigenvalue weighted by atomic mass is 9.51. The molecule has 36 nitrogen and oxygen atoms in total. The molecule has 16 rings (SSSR count). The van der Waals surface area contributed by atoms with Gasteiger partial charge in [0.2, 0.25) is 41.6 Å². The highest BCUT2D eigenvalue weighted by molar-refractivity contribution is 6.32. The molecule has 0 radical (unpaired) electrons. The minimum absolute atomic E-state index is 0.0734. The van der Waals surface area contributed by atoms with Gasteiger partial charge in [0.1, 0.15) is 107 Å². The Kier molecular flexibility index (Phi) is 32.4. The number of nitrogens with zero attached hydrogens (tertiary/aromatic N) is 1. The van der Waals surface area contributed by atoms with Crippen molar-refractivity contribution < 1.29 is 137 Å². The minimum Gasteiger partial charge on any atom is -0.508 e. The molecule has 4 saturated carbocycles. The van der Waals surface area contributed by atoms with Gasteiger partial charge in [-0.25, -0.2) is 14.4 Å². The molecule has 136 heavy (non-hydrogen) atoms. The number of amides is 9. The van der Waals surface area contributed by atoms with E-state index in [1.54, 1.807) is 55.4 Å². The second-order valence-electron chi connectivity index (χ2n) is 40.1. The average molecular weight is 1940 g/mol. The van der Waals surface area contributed by atoms with Crippen LogP contribution in [0.25, 0.3) is 11.1 Å². The molecule has 740 valence electrons. The maximum absolute atomic E-state index is 17.0. The fourth-order valence-electron chi connectivity index (χ4n) is 20.3. The molecule has 5 aromatic rings. The number of fused-ring (bicyclic) bond motifs is 15. The summed E-state index contributed by atoms with van der Waals surface area (Å²) in [5, 5.41) is 126. The number of aliphatic hydroxyl groups is 6. The summed E-state index contributed by atoms with van der Waals surface area (Å²) in [6, 6.07) is 3.88. The summed E-state index contributed by atoms with van der Waals surface area (Å²) in [4.78, 5) is 170. The van der Waals surface area contributed by atoms with Crippen LogP contribution in [0.2, 0.25) is 10.0 Å². The number of rotatable bonds is 23. The molecule has 2 saturated heterocycles. The Labute approximate surface area is 797 Å². The number of nitrogens with one attached hydrogen (secondary N) is 7. The van der Waals surface area contributed by atoms with Gasteiger partial charge in [-0.05, 0) is 218 Å². The number of carbonyl (C=O) groups excluding carboxylic acids is 11. The van der Waals surface area contributed by atoms with Crippen LogP contribution in [0.4, 0.5) is 14.4 Å². The van der Waals surface area contributed by atoms with Crippen LogP contribution in [0.1, 0.15) is 243 Å². The van der Waals surface area contributed by atoms with Gasteiger partial charge in [0.15, 0.2) is 41.2 Å². The summed E-state index contributed by atoms with van der Waals surface area (Å²) in [6.07, 6.45) is -15.0. The molecule has 38 heteroatoms. The van der Waals surface area contributed by atoms with Crippen LogP contribution in [0, 0.1) is 41.4 Å². The number of carbonyl (C=O) groups is 11. The number of phenols is 3. The third-order valence-electron chi connectivity index (χ3n) is 26.9. The maximum Gasteiger partial charge on any atom is 0.410 e. The summed E-state index contributed by atoms with van der Waals surface area (Å²) in [5.41, 5.74) is -5.71. The second-order valence-corrected chi connectivity index (χ2v) is 41.0. The lowest BCUT2D eigenvalue weighted by Crippen LogP contribution is -2.66. The standard InChI is InChI=1S/C98H126Cl2N8O28/c1-13-14-15-16-17-18-25-101-93(126)102-74(116)38-55-35-66(113)79(105-90(124)63(26-45(2)3)108(12)95(128)136-97(8,9)10)81(117)50-20-23-69(61(99)33-50)130-71-36-54-37-72(85(71)134-92-86(84(120)83(119)73(44-109)132-92)133-75-43-98(11,87(121)46(4)129-75)107-94(127)135-96(5,6)7)131-70-24-21-51(34-62(70)100)82(118)80-91(125)104-78(68(115)41-57-52-28-47-27-48(30-52)31-53(57)29-47)60-39-56(110)40-65(112)76(60)59-32-49(19-22-64(59)111)58(89(123)106-80)42-67(114)77(54)103-88(55)122/h19-24,32-34,36-37,39-40,45-48,52-53,55,57-58,63,73,75,77-84,86-87,92,109-112,117-121H,13-18,25-31,35,38,41-44H2,1-12H3,(H,103,122)(H,104,125)(H,105,124)(H,106,123)(H,107,127)(H2,101,102,116,126)/t46?,47?,48?,52?,53?,55-,57?,58+,63+,73?,75?,77+,78-,79-,80-,81+,82+,83?,84?,86?,87?,92?,98?/m0/s1. The van der Waals surface area contributed by atoms with Crippen molar-refractivity contribution in [3.8, 4) is 57.1 Å². The largest absolute Gasteiger partial charge is 0.508 e.